The Morgan fingerprint density at radius 2 is 1.90 bits per heavy atom. The number of carbonyl (C=O) groups is 2. The molecule has 0 saturated heterocycles. The lowest BCUT2D eigenvalue weighted by molar-refractivity contribution is -0.702. The van der Waals surface area contributed by atoms with E-state index in [0.717, 1.165) is 19.4 Å². The van der Waals surface area contributed by atoms with Crippen LogP contribution in [0.3, 0.4) is 0 Å². The third-order valence-corrected chi connectivity index (χ3v) is 3.80. The van der Waals surface area contributed by atoms with Crippen LogP contribution in [0.25, 0.3) is 0 Å². The monoisotopic (exact) mass is 279 g/mol. The van der Waals surface area contributed by atoms with Crippen LogP contribution in [0.5, 0.6) is 0 Å². The van der Waals surface area contributed by atoms with Gasteiger partial charge in [0.25, 0.3) is 5.82 Å². The van der Waals surface area contributed by atoms with Gasteiger partial charge in [-0.1, -0.05) is 13.8 Å². The van der Waals surface area contributed by atoms with E-state index in [-0.39, 0.29) is 17.5 Å². The van der Waals surface area contributed by atoms with E-state index in [1.165, 1.54) is 5.82 Å². The molecule has 4 nitrogen and oxygen atoms in total. The van der Waals surface area contributed by atoms with Crippen molar-refractivity contribution in [2.24, 2.45) is 13.0 Å². The Bertz CT molecular complexity index is 461. The molecule has 4 heteroatoms. The number of unbranched alkanes of at least 4 members (excludes halogenated alkanes) is 1. The number of hydrogen-bond acceptors (Lipinski definition) is 2. The van der Waals surface area contributed by atoms with E-state index in [4.69, 9.17) is 0 Å². The van der Waals surface area contributed by atoms with Crippen molar-refractivity contribution in [2.75, 3.05) is 0 Å². The van der Waals surface area contributed by atoms with Gasteiger partial charge in [0.15, 0.2) is 0 Å². The van der Waals surface area contributed by atoms with Gasteiger partial charge < -0.3 is 0 Å². The summed E-state index contributed by atoms with van der Waals surface area (Å²) in [4.78, 5) is 23.1. The first-order chi connectivity index (χ1) is 9.41. The first kappa shape index (κ1) is 16.6. The largest absolute Gasteiger partial charge is 0.300 e. The molecule has 0 radical (unpaired) electrons. The van der Waals surface area contributed by atoms with Crippen molar-refractivity contribution >= 4 is 11.6 Å². The molecule has 0 aliphatic rings. The van der Waals surface area contributed by atoms with Crippen LogP contribution in [-0.2, 0) is 23.2 Å². The minimum Gasteiger partial charge on any atom is -0.300 e. The highest BCUT2D eigenvalue weighted by atomic mass is 16.1. The Balaban J connectivity index is 2.16. The van der Waals surface area contributed by atoms with Crippen molar-refractivity contribution in [1.82, 2.24) is 4.57 Å². The number of aryl methyl sites for hydroxylation is 2. The fourth-order valence-corrected chi connectivity index (χ4v) is 2.12. The van der Waals surface area contributed by atoms with Gasteiger partial charge >= 0.3 is 0 Å². The number of imidazole rings is 1. The van der Waals surface area contributed by atoms with Gasteiger partial charge in [0.1, 0.15) is 24.0 Å². The molecule has 0 amide bonds. The standard InChI is InChI=1S/C16H27N2O2/c1-13(2)16(20)9-8-15(19)7-5-6-10-18-12-11-17(4)14(18)3/h11-13H,5-10H2,1-4H3/q+1. The molecule has 0 saturated carbocycles. The summed E-state index contributed by atoms with van der Waals surface area (Å²) in [5.74, 6) is 1.67. The van der Waals surface area contributed by atoms with Crippen LogP contribution in [0.4, 0.5) is 0 Å². The van der Waals surface area contributed by atoms with Crippen molar-refractivity contribution in [1.29, 1.82) is 0 Å². The second-order valence-corrected chi connectivity index (χ2v) is 5.77. The minimum absolute atomic E-state index is 0.0419. The van der Waals surface area contributed by atoms with E-state index in [2.05, 4.69) is 22.3 Å². The topological polar surface area (TPSA) is 43.0 Å². The second-order valence-electron chi connectivity index (χ2n) is 5.77. The van der Waals surface area contributed by atoms with Crippen molar-refractivity contribution in [2.45, 2.75) is 59.4 Å². The quantitative estimate of drug-likeness (QED) is 0.514. The zero-order valence-corrected chi connectivity index (χ0v) is 13.2. The van der Waals surface area contributed by atoms with Crippen molar-refractivity contribution < 1.29 is 14.2 Å². The maximum Gasteiger partial charge on any atom is 0.253 e. The number of aromatic nitrogens is 2. The third-order valence-electron chi connectivity index (χ3n) is 3.80. The number of hydrogen-bond donors (Lipinski definition) is 0. The molecular weight excluding hydrogens is 252 g/mol. The molecule has 1 aromatic heterocycles. The zero-order valence-electron chi connectivity index (χ0n) is 13.2. The first-order valence-electron chi connectivity index (χ1n) is 7.47. The maximum absolute atomic E-state index is 11.7. The van der Waals surface area contributed by atoms with Gasteiger partial charge in [-0.25, -0.2) is 9.13 Å². The Kier molecular flexibility index (Phi) is 6.62. The summed E-state index contributed by atoms with van der Waals surface area (Å²) < 4.78 is 4.29. The Labute approximate surface area is 121 Å². The van der Waals surface area contributed by atoms with Gasteiger partial charge in [-0.2, -0.15) is 0 Å². The molecule has 0 fully saturated rings. The van der Waals surface area contributed by atoms with Gasteiger partial charge in [0.05, 0.1) is 13.6 Å². The average Bonchev–Trinajstić information content (AvgIpc) is 2.72. The summed E-state index contributed by atoms with van der Waals surface area (Å²) in [5, 5.41) is 0. The van der Waals surface area contributed by atoms with E-state index in [0.29, 0.717) is 19.3 Å². The van der Waals surface area contributed by atoms with E-state index in [9.17, 15) is 9.59 Å². The van der Waals surface area contributed by atoms with Gasteiger partial charge in [0, 0.05) is 32.1 Å². The highest BCUT2D eigenvalue weighted by Crippen LogP contribution is 2.06. The predicted molar refractivity (Wildman–Crippen MR) is 78.3 cm³/mol. The van der Waals surface area contributed by atoms with Gasteiger partial charge in [-0.05, 0) is 12.8 Å². The SMILES string of the molecule is Cc1n(C)cc[n+]1CCCCC(=O)CCC(=O)C(C)C. The molecule has 0 spiro atoms. The molecule has 0 aliphatic heterocycles. The molecule has 0 atom stereocenters. The highest BCUT2D eigenvalue weighted by Gasteiger charge is 2.11. The fraction of sp³-hybridized carbons (Fsp3) is 0.688. The number of ketones is 2. The summed E-state index contributed by atoms with van der Waals surface area (Å²) in [6, 6.07) is 0. The normalized spacial score (nSPS) is 11.1. The van der Waals surface area contributed by atoms with E-state index in [1.54, 1.807) is 0 Å². The molecular formula is C16H27N2O2+. The van der Waals surface area contributed by atoms with Crippen LogP contribution >= 0.6 is 0 Å². The summed E-state index contributed by atoms with van der Waals surface area (Å²) in [7, 11) is 2.03. The molecule has 1 aromatic rings. The molecule has 0 aromatic carbocycles. The molecule has 0 bridgehead atoms. The van der Waals surface area contributed by atoms with E-state index < -0.39 is 0 Å². The number of carbonyl (C=O) groups excluding carboxylic acids is 2. The summed E-state index contributed by atoms with van der Waals surface area (Å²) in [6.45, 7) is 6.80. The van der Waals surface area contributed by atoms with E-state index in [1.807, 2.05) is 27.1 Å². The van der Waals surface area contributed by atoms with Crippen LogP contribution in [0, 0.1) is 12.8 Å². The fourth-order valence-electron chi connectivity index (χ4n) is 2.12. The van der Waals surface area contributed by atoms with Crippen molar-refractivity contribution in [3.05, 3.63) is 18.2 Å². The summed E-state index contributed by atoms with van der Waals surface area (Å²) >= 11 is 0. The third kappa shape index (κ3) is 5.27. The van der Waals surface area contributed by atoms with Crippen molar-refractivity contribution in [3.63, 3.8) is 0 Å². The number of rotatable bonds is 9. The molecule has 0 aliphatic carbocycles. The van der Waals surface area contributed by atoms with Gasteiger partial charge in [-0.3, -0.25) is 9.59 Å². The lowest BCUT2D eigenvalue weighted by atomic mass is 10.0. The smallest absolute Gasteiger partial charge is 0.253 e. The van der Waals surface area contributed by atoms with Gasteiger partial charge in [-0.15, -0.1) is 0 Å². The number of nitrogens with zero attached hydrogens (tertiary/aromatic N) is 2. The van der Waals surface area contributed by atoms with Crippen LogP contribution < -0.4 is 4.57 Å². The lowest BCUT2D eigenvalue weighted by Gasteiger charge is -2.03. The Morgan fingerprint density at radius 3 is 2.45 bits per heavy atom. The summed E-state index contributed by atoms with van der Waals surface area (Å²) in [6.07, 6.45) is 7.42. The Morgan fingerprint density at radius 1 is 1.20 bits per heavy atom. The van der Waals surface area contributed by atoms with E-state index >= 15 is 0 Å². The van der Waals surface area contributed by atoms with Gasteiger partial charge in [0.2, 0.25) is 0 Å². The molecule has 112 valence electrons. The number of Topliss-reactive ketones (excluding diaryl/α,β-unsaturated/α-hetero) is 2. The molecule has 1 heterocycles. The zero-order chi connectivity index (χ0) is 15.1. The lowest BCUT2D eigenvalue weighted by Crippen LogP contribution is -2.35. The molecule has 1 rings (SSSR count). The molecule has 0 N–H and O–H groups in total. The summed E-state index contributed by atoms with van der Waals surface area (Å²) in [5.41, 5.74) is 0. The highest BCUT2D eigenvalue weighted by molar-refractivity contribution is 5.86. The maximum atomic E-state index is 11.7. The predicted octanol–water partition coefficient (Wildman–Crippen LogP) is 2.37. The van der Waals surface area contributed by atoms with Crippen LogP contribution in [0.1, 0.15) is 51.8 Å². The van der Waals surface area contributed by atoms with Crippen molar-refractivity contribution in [3.8, 4) is 0 Å². The van der Waals surface area contributed by atoms with Crippen LogP contribution in [0.2, 0.25) is 0 Å². The Hall–Kier alpha value is -1.45. The van der Waals surface area contributed by atoms with Crippen LogP contribution in [0.15, 0.2) is 12.4 Å². The average molecular weight is 279 g/mol. The molecule has 20 heavy (non-hydrogen) atoms. The first-order valence-corrected chi connectivity index (χ1v) is 7.47. The van der Waals surface area contributed by atoms with Crippen LogP contribution in [-0.4, -0.2) is 16.1 Å². The minimum atomic E-state index is 0.0419. The second kappa shape index (κ2) is 7.98. The molecule has 0 unspecified atom stereocenters.